The van der Waals surface area contributed by atoms with Gasteiger partial charge in [-0.15, -0.1) is 0 Å². The Hall–Kier alpha value is -2.12. The molecule has 2 saturated heterocycles. The van der Waals surface area contributed by atoms with Gasteiger partial charge in [0, 0.05) is 22.2 Å². The predicted molar refractivity (Wildman–Crippen MR) is 120 cm³/mol. The molecule has 0 spiro atoms. The Bertz CT molecular complexity index is 701. The lowest BCUT2D eigenvalue weighted by molar-refractivity contribution is -0.183. The van der Waals surface area contributed by atoms with E-state index in [1.54, 1.807) is 9.80 Å². The van der Waals surface area contributed by atoms with Gasteiger partial charge in [-0.05, 0) is 92.9 Å². The van der Waals surface area contributed by atoms with E-state index in [9.17, 15) is 29.4 Å². The van der Waals surface area contributed by atoms with Crippen molar-refractivity contribution < 1.29 is 29.4 Å². The highest BCUT2D eigenvalue weighted by atomic mass is 16.4. The largest absolute Gasteiger partial charge is 0.481 e. The third-order valence-electron chi connectivity index (χ3n) is 8.10. The molecule has 182 valence electrons. The summed E-state index contributed by atoms with van der Waals surface area (Å²) in [4.78, 5) is 52.4. The topological polar surface area (TPSA) is 115 Å². The van der Waals surface area contributed by atoms with Gasteiger partial charge in [0.05, 0.1) is 11.8 Å². The first kappa shape index (κ1) is 26.1. The molecule has 2 aliphatic heterocycles. The molecule has 0 aromatic heterocycles. The monoisotopic (exact) mass is 452 g/mol. The zero-order chi connectivity index (χ0) is 24.9. The van der Waals surface area contributed by atoms with Gasteiger partial charge in [-0.1, -0.05) is 0 Å². The van der Waals surface area contributed by atoms with Crippen LogP contribution in [0.15, 0.2) is 0 Å². The molecule has 2 amide bonds. The van der Waals surface area contributed by atoms with Gasteiger partial charge in [-0.25, -0.2) is 0 Å². The predicted octanol–water partition coefficient (Wildman–Crippen LogP) is 3.38. The molecule has 0 aromatic rings. The molecule has 0 saturated carbocycles. The summed E-state index contributed by atoms with van der Waals surface area (Å²) in [5.41, 5.74) is -4.01. The maximum atomic E-state index is 13.1. The summed E-state index contributed by atoms with van der Waals surface area (Å²) in [5, 5.41) is 20.6. The second kappa shape index (κ2) is 8.03. The fraction of sp³-hybridized carbons (Fsp3) is 0.833. The van der Waals surface area contributed by atoms with E-state index in [4.69, 9.17) is 0 Å². The first-order valence-corrected chi connectivity index (χ1v) is 11.3. The summed E-state index contributed by atoms with van der Waals surface area (Å²) < 4.78 is 0. The highest BCUT2D eigenvalue weighted by Gasteiger charge is 2.62. The van der Waals surface area contributed by atoms with Crippen LogP contribution in [0.1, 0.15) is 87.5 Å². The summed E-state index contributed by atoms with van der Waals surface area (Å²) in [6, 6.07) is 0. The molecule has 0 unspecified atom stereocenters. The normalized spacial score (nSPS) is 25.2. The molecule has 0 bridgehead atoms. The molecular formula is C24H40N2O6. The quantitative estimate of drug-likeness (QED) is 0.572. The van der Waals surface area contributed by atoms with Crippen LogP contribution in [0.2, 0.25) is 0 Å². The van der Waals surface area contributed by atoms with E-state index in [1.807, 2.05) is 55.4 Å². The summed E-state index contributed by atoms with van der Waals surface area (Å²) in [7, 11) is 0. The lowest BCUT2D eigenvalue weighted by atomic mass is 9.52. The molecule has 2 rings (SSSR count). The molecule has 2 fully saturated rings. The molecule has 2 aliphatic rings. The Labute approximate surface area is 191 Å². The van der Waals surface area contributed by atoms with Crippen molar-refractivity contribution >= 4 is 24.8 Å². The molecule has 2 N–H and O–H groups in total. The summed E-state index contributed by atoms with van der Waals surface area (Å²) in [6.45, 7) is 15.3. The van der Waals surface area contributed by atoms with Gasteiger partial charge in [-0.3, -0.25) is 19.2 Å². The van der Waals surface area contributed by atoms with Crippen molar-refractivity contribution in [2.24, 2.45) is 17.3 Å². The SMILES string of the molecule is CC1(C)CC(C(CC(=O)O)(C(=O)O)C2CC(C)(C)N(C=O)C(C)(C)C2)CC(C)(C)N1C=O. The number of carboxylic acids is 2. The average Bonchev–Trinajstić information content (AvgIpc) is 2.55. The second-order valence-electron chi connectivity index (χ2n) is 12.3. The van der Waals surface area contributed by atoms with Crippen LogP contribution in [0, 0.1) is 17.3 Å². The van der Waals surface area contributed by atoms with Gasteiger partial charge in [0.15, 0.2) is 0 Å². The lowest BCUT2D eigenvalue weighted by Crippen LogP contribution is -2.67. The van der Waals surface area contributed by atoms with Crippen molar-refractivity contribution in [3.05, 3.63) is 0 Å². The number of likely N-dealkylation sites (tertiary alicyclic amines) is 2. The van der Waals surface area contributed by atoms with E-state index in [2.05, 4.69) is 0 Å². The van der Waals surface area contributed by atoms with Gasteiger partial charge in [0.25, 0.3) is 0 Å². The minimum atomic E-state index is -1.52. The number of rotatable bonds is 7. The number of aliphatic carboxylic acids is 2. The number of piperidine rings is 2. The Morgan fingerprint density at radius 1 is 0.750 bits per heavy atom. The molecule has 0 radical (unpaired) electrons. The third-order valence-corrected chi connectivity index (χ3v) is 8.10. The van der Waals surface area contributed by atoms with Gasteiger partial charge < -0.3 is 20.0 Å². The number of nitrogens with zero attached hydrogens (tertiary/aromatic N) is 2. The van der Waals surface area contributed by atoms with Crippen molar-refractivity contribution in [3.8, 4) is 0 Å². The maximum absolute atomic E-state index is 13.1. The van der Waals surface area contributed by atoms with Crippen LogP contribution in [0.5, 0.6) is 0 Å². The van der Waals surface area contributed by atoms with Crippen LogP contribution in [0.3, 0.4) is 0 Å². The van der Waals surface area contributed by atoms with Crippen LogP contribution in [-0.2, 0) is 19.2 Å². The number of carbonyl (C=O) groups excluding carboxylic acids is 2. The van der Waals surface area contributed by atoms with E-state index in [1.165, 1.54) is 0 Å². The number of hydrogen-bond donors (Lipinski definition) is 2. The van der Waals surface area contributed by atoms with Crippen molar-refractivity contribution in [1.29, 1.82) is 0 Å². The fourth-order valence-electron chi connectivity index (χ4n) is 7.18. The minimum absolute atomic E-state index is 0.392. The van der Waals surface area contributed by atoms with E-state index in [0.717, 1.165) is 12.8 Å². The molecule has 32 heavy (non-hydrogen) atoms. The standard InChI is InChI=1S/C24H40N2O6/c1-20(2)9-16(10-21(3,4)25(20)14-27)24(19(31)32,13-18(29)30)17-11-22(5,6)26(15-28)23(7,8)12-17/h14-17H,9-13H2,1-8H3,(H,29,30)(H,31,32). The first-order chi connectivity index (χ1) is 14.4. The van der Waals surface area contributed by atoms with E-state index in [-0.39, 0.29) is 0 Å². The smallest absolute Gasteiger partial charge is 0.310 e. The number of hydrogen-bond acceptors (Lipinski definition) is 4. The average molecular weight is 453 g/mol. The highest BCUT2D eigenvalue weighted by Crippen LogP contribution is 2.57. The van der Waals surface area contributed by atoms with Gasteiger partial charge >= 0.3 is 11.9 Å². The molecule has 0 aromatic carbocycles. The Kier molecular flexibility index (Phi) is 6.56. The first-order valence-electron chi connectivity index (χ1n) is 11.3. The Morgan fingerprint density at radius 3 is 1.22 bits per heavy atom. The summed E-state index contributed by atoms with van der Waals surface area (Å²) in [6.07, 6.45) is 2.70. The zero-order valence-electron chi connectivity index (χ0n) is 20.8. The molecule has 0 atom stereocenters. The zero-order valence-corrected chi connectivity index (χ0v) is 20.8. The van der Waals surface area contributed by atoms with E-state index < -0.39 is 57.8 Å². The third kappa shape index (κ3) is 4.25. The number of amides is 2. The van der Waals surface area contributed by atoms with Crippen LogP contribution < -0.4 is 0 Å². The molecular weight excluding hydrogens is 412 g/mol. The fourth-order valence-corrected chi connectivity index (χ4v) is 7.18. The summed E-state index contributed by atoms with van der Waals surface area (Å²) >= 11 is 0. The second-order valence-corrected chi connectivity index (χ2v) is 12.3. The van der Waals surface area contributed by atoms with Crippen molar-refractivity contribution in [1.82, 2.24) is 9.80 Å². The Morgan fingerprint density at radius 2 is 1.03 bits per heavy atom. The number of carboxylic acid groups (broad SMARTS) is 2. The minimum Gasteiger partial charge on any atom is -0.481 e. The van der Waals surface area contributed by atoms with E-state index in [0.29, 0.717) is 25.7 Å². The van der Waals surface area contributed by atoms with Gasteiger partial charge in [0.1, 0.15) is 0 Å². The van der Waals surface area contributed by atoms with Gasteiger partial charge in [-0.2, -0.15) is 0 Å². The molecule has 2 heterocycles. The molecule has 0 aliphatic carbocycles. The maximum Gasteiger partial charge on any atom is 0.310 e. The van der Waals surface area contributed by atoms with Crippen LogP contribution in [0.25, 0.3) is 0 Å². The van der Waals surface area contributed by atoms with Crippen molar-refractivity contribution in [3.63, 3.8) is 0 Å². The van der Waals surface area contributed by atoms with Gasteiger partial charge in [0.2, 0.25) is 12.8 Å². The Balaban J connectivity index is 2.68. The van der Waals surface area contributed by atoms with Crippen LogP contribution in [-0.4, -0.2) is 66.9 Å². The van der Waals surface area contributed by atoms with Crippen LogP contribution in [0.4, 0.5) is 0 Å². The van der Waals surface area contributed by atoms with E-state index >= 15 is 0 Å². The molecule has 8 nitrogen and oxygen atoms in total. The molecule has 8 heteroatoms. The lowest BCUT2D eigenvalue weighted by Gasteiger charge is -2.61. The van der Waals surface area contributed by atoms with Crippen molar-refractivity contribution in [2.45, 2.75) is 110 Å². The van der Waals surface area contributed by atoms with Crippen LogP contribution >= 0.6 is 0 Å². The summed E-state index contributed by atoms with van der Waals surface area (Å²) in [5.74, 6) is -3.14. The highest BCUT2D eigenvalue weighted by molar-refractivity contribution is 5.82. The number of carbonyl (C=O) groups is 4. The van der Waals surface area contributed by atoms with Crippen molar-refractivity contribution in [2.75, 3.05) is 0 Å².